The van der Waals surface area contributed by atoms with Crippen molar-refractivity contribution < 1.29 is 9.53 Å². The largest absolute Gasteiger partial charge is 0.492 e. The van der Waals surface area contributed by atoms with Crippen LogP contribution in [0.5, 0.6) is 5.75 Å². The van der Waals surface area contributed by atoms with Gasteiger partial charge in [0.15, 0.2) is 0 Å². The maximum atomic E-state index is 12.1. The summed E-state index contributed by atoms with van der Waals surface area (Å²) in [5.74, 6) is 1.59. The van der Waals surface area contributed by atoms with Crippen LogP contribution in [0.3, 0.4) is 0 Å². The molecule has 0 atom stereocenters. The maximum Gasteiger partial charge on any atom is 0.319 e. The predicted molar refractivity (Wildman–Crippen MR) is 114 cm³/mol. The number of nitrogens with one attached hydrogen (secondary N) is 2. The summed E-state index contributed by atoms with van der Waals surface area (Å²) in [4.78, 5) is 16.4. The fourth-order valence-corrected chi connectivity index (χ4v) is 3.28. The highest BCUT2D eigenvalue weighted by Crippen LogP contribution is 2.22. The van der Waals surface area contributed by atoms with Crippen molar-refractivity contribution in [3.05, 3.63) is 84.1 Å². The lowest BCUT2D eigenvalue weighted by Crippen LogP contribution is -2.32. The van der Waals surface area contributed by atoms with Crippen LogP contribution in [0.15, 0.2) is 78.0 Å². The van der Waals surface area contributed by atoms with Gasteiger partial charge in [0, 0.05) is 17.6 Å². The van der Waals surface area contributed by atoms with Gasteiger partial charge in [0.25, 0.3) is 0 Å². The highest BCUT2D eigenvalue weighted by atomic mass is 32.2. The van der Waals surface area contributed by atoms with E-state index in [-0.39, 0.29) is 6.03 Å². The molecule has 28 heavy (non-hydrogen) atoms. The van der Waals surface area contributed by atoms with Gasteiger partial charge in [-0.15, -0.1) is 11.8 Å². The van der Waals surface area contributed by atoms with Gasteiger partial charge in [-0.05, 0) is 48.9 Å². The van der Waals surface area contributed by atoms with Gasteiger partial charge < -0.3 is 15.4 Å². The van der Waals surface area contributed by atoms with Crippen LogP contribution < -0.4 is 15.4 Å². The number of amides is 2. The zero-order valence-corrected chi connectivity index (χ0v) is 16.5. The average Bonchev–Trinajstić information content (AvgIpc) is 2.72. The van der Waals surface area contributed by atoms with Crippen molar-refractivity contribution in [2.24, 2.45) is 0 Å². The number of ether oxygens (including phenoxy) is 1. The molecule has 0 fully saturated rings. The SMILES string of the molecule is Cc1ccc(OCCNC(=O)Nc2cccc(CSc3ccccn3)c2)cc1. The van der Waals surface area contributed by atoms with E-state index in [4.69, 9.17) is 4.74 Å². The van der Waals surface area contributed by atoms with E-state index in [1.807, 2.05) is 73.7 Å². The molecule has 2 amide bonds. The van der Waals surface area contributed by atoms with Crippen LogP contribution in [0, 0.1) is 6.92 Å². The van der Waals surface area contributed by atoms with E-state index in [2.05, 4.69) is 15.6 Å². The molecule has 5 nitrogen and oxygen atoms in total. The van der Waals surface area contributed by atoms with Crippen LogP contribution in [0.25, 0.3) is 0 Å². The molecular weight excluding hydrogens is 370 g/mol. The zero-order chi connectivity index (χ0) is 19.6. The highest BCUT2D eigenvalue weighted by Gasteiger charge is 2.03. The van der Waals surface area contributed by atoms with Crippen molar-refractivity contribution in [3.63, 3.8) is 0 Å². The summed E-state index contributed by atoms with van der Waals surface area (Å²) in [7, 11) is 0. The Morgan fingerprint density at radius 2 is 1.93 bits per heavy atom. The predicted octanol–water partition coefficient (Wildman–Crippen LogP) is 4.88. The Bertz CT molecular complexity index is 886. The summed E-state index contributed by atoms with van der Waals surface area (Å²) in [6.45, 7) is 2.87. The molecule has 0 aliphatic carbocycles. The van der Waals surface area contributed by atoms with Crippen molar-refractivity contribution in [2.45, 2.75) is 17.7 Å². The summed E-state index contributed by atoms with van der Waals surface area (Å²) < 4.78 is 5.60. The van der Waals surface area contributed by atoms with Crippen molar-refractivity contribution in [1.82, 2.24) is 10.3 Å². The third kappa shape index (κ3) is 6.63. The molecule has 0 saturated heterocycles. The Balaban J connectivity index is 1.40. The first-order valence-electron chi connectivity index (χ1n) is 9.06. The Labute approximate surface area is 169 Å². The minimum atomic E-state index is -0.248. The molecule has 144 valence electrons. The van der Waals surface area contributed by atoms with Gasteiger partial charge in [0.05, 0.1) is 11.6 Å². The maximum absolute atomic E-state index is 12.1. The smallest absolute Gasteiger partial charge is 0.319 e. The summed E-state index contributed by atoms with van der Waals surface area (Å²) >= 11 is 1.66. The number of anilines is 1. The Morgan fingerprint density at radius 1 is 1.07 bits per heavy atom. The molecule has 2 N–H and O–H groups in total. The normalized spacial score (nSPS) is 10.3. The first-order valence-corrected chi connectivity index (χ1v) is 10.0. The van der Waals surface area contributed by atoms with E-state index in [0.717, 1.165) is 27.8 Å². The molecule has 6 heteroatoms. The second kappa shape index (κ2) is 10.4. The van der Waals surface area contributed by atoms with Crippen LogP contribution in [-0.4, -0.2) is 24.2 Å². The molecule has 0 unspecified atom stereocenters. The van der Waals surface area contributed by atoms with E-state index in [9.17, 15) is 4.79 Å². The van der Waals surface area contributed by atoms with Crippen LogP contribution in [0.1, 0.15) is 11.1 Å². The molecule has 2 aromatic carbocycles. The number of hydrogen-bond acceptors (Lipinski definition) is 4. The number of urea groups is 1. The molecular formula is C22H23N3O2S. The number of carbonyl (C=O) groups excluding carboxylic acids is 1. The number of nitrogens with zero attached hydrogens (tertiary/aromatic N) is 1. The fraction of sp³-hybridized carbons (Fsp3) is 0.182. The van der Waals surface area contributed by atoms with Gasteiger partial charge >= 0.3 is 6.03 Å². The Kier molecular flexibility index (Phi) is 7.32. The van der Waals surface area contributed by atoms with Gasteiger partial charge in [-0.3, -0.25) is 0 Å². The lowest BCUT2D eigenvalue weighted by atomic mass is 10.2. The quantitative estimate of drug-likeness (QED) is 0.423. The molecule has 0 bridgehead atoms. The van der Waals surface area contributed by atoms with Crippen LogP contribution in [0.4, 0.5) is 10.5 Å². The number of benzene rings is 2. The van der Waals surface area contributed by atoms with Crippen LogP contribution in [0.2, 0.25) is 0 Å². The van der Waals surface area contributed by atoms with Gasteiger partial charge in [0.1, 0.15) is 12.4 Å². The molecule has 3 rings (SSSR count). The van der Waals surface area contributed by atoms with Gasteiger partial charge in [-0.25, -0.2) is 9.78 Å². The van der Waals surface area contributed by atoms with E-state index in [0.29, 0.717) is 13.2 Å². The van der Waals surface area contributed by atoms with Gasteiger partial charge in [-0.1, -0.05) is 35.9 Å². The number of rotatable bonds is 8. The molecule has 0 spiro atoms. The summed E-state index contributed by atoms with van der Waals surface area (Å²) in [6.07, 6.45) is 1.78. The minimum absolute atomic E-state index is 0.248. The summed E-state index contributed by atoms with van der Waals surface area (Å²) in [5.41, 5.74) is 3.07. The van der Waals surface area contributed by atoms with E-state index >= 15 is 0 Å². The van der Waals surface area contributed by atoms with Crippen LogP contribution >= 0.6 is 11.8 Å². The summed E-state index contributed by atoms with van der Waals surface area (Å²) in [5, 5.41) is 6.63. The molecule has 3 aromatic rings. The van der Waals surface area contributed by atoms with Crippen molar-refractivity contribution in [1.29, 1.82) is 0 Å². The van der Waals surface area contributed by atoms with Crippen molar-refractivity contribution >= 4 is 23.5 Å². The standard InChI is InChI=1S/C22H23N3O2S/c1-17-8-10-20(11-9-17)27-14-13-24-22(26)25-19-6-4-5-18(15-19)16-28-21-7-2-3-12-23-21/h2-12,15H,13-14,16H2,1H3,(H2,24,25,26). The Hall–Kier alpha value is -2.99. The molecule has 0 saturated carbocycles. The van der Waals surface area contributed by atoms with Crippen molar-refractivity contribution in [2.75, 3.05) is 18.5 Å². The number of carbonyl (C=O) groups is 1. The molecule has 0 radical (unpaired) electrons. The third-order valence-electron chi connectivity index (χ3n) is 3.89. The van der Waals surface area contributed by atoms with E-state index in [1.165, 1.54) is 5.56 Å². The second-order valence-corrected chi connectivity index (χ2v) is 7.20. The summed E-state index contributed by atoms with van der Waals surface area (Å²) in [6, 6.07) is 21.3. The number of pyridine rings is 1. The lowest BCUT2D eigenvalue weighted by molar-refractivity contribution is 0.247. The minimum Gasteiger partial charge on any atom is -0.492 e. The number of hydrogen-bond donors (Lipinski definition) is 2. The average molecular weight is 394 g/mol. The highest BCUT2D eigenvalue weighted by molar-refractivity contribution is 7.98. The molecule has 0 aliphatic heterocycles. The molecule has 1 aromatic heterocycles. The monoisotopic (exact) mass is 393 g/mol. The number of aryl methyl sites for hydroxylation is 1. The molecule has 0 aliphatic rings. The Morgan fingerprint density at radius 3 is 2.71 bits per heavy atom. The topological polar surface area (TPSA) is 63.2 Å². The molecule has 1 heterocycles. The van der Waals surface area contributed by atoms with Gasteiger partial charge in [-0.2, -0.15) is 0 Å². The van der Waals surface area contributed by atoms with E-state index in [1.54, 1.807) is 18.0 Å². The second-order valence-electron chi connectivity index (χ2n) is 6.20. The first kappa shape index (κ1) is 19.8. The van der Waals surface area contributed by atoms with Crippen LogP contribution in [-0.2, 0) is 5.75 Å². The zero-order valence-electron chi connectivity index (χ0n) is 15.7. The fourth-order valence-electron chi connectivity index (χ4n) is 2.47. The van der Waals surface area contributed by atoms with E-state index < -0.39 is 0 Å². The number of thioether (sulfide) groups is 1. The van der Waals surface area contributed by atoms with Gasteiger partial charge in [0.2, 0.25) is 0 Å². The number of aromatic nitrogens is 1. The third-order valence-corrected chi connectivity index (χ3v) is 4.90. The lowest BCUT2D eigenvalue weighted by Gasteiger charge is -2.10. The van der Waals surface area contributed by atoms with Crippen molar-refractivity contribution in [3.8, 4) is 5.75 Å². The first-order chi connectivity index (χ1) is 13.7.